The summed E-state index contributed by atoms with van der Waals surface area (Å²) in [6.07, 6.45) is 0. The van der Waals surface area contributed by atoms with E-state index in [2.05, 4.69) is 0 Å². The molecule has 0 aliphatic carbocycles. The molecule has 0 fully saturated rings. The van der Waals surface area contributed by atoms with Crippen LogP contribution in [0.3, 0.4) is 0 Å². The van der Waals surface area contributed by atoms with Crippen LogP contribution in [0.1, 0.15) is 5.56 Å². The van der Waals surface area contributed by atoms with E-state index < -0.39 is 14.9 Å². The Morgan fingerprint density at radius 1 is 1.43 bits per heavy atom. The van der Waals surface area contributed by atoms with Crippen molar-refractivity contribution in [1.82, 2.24) is 0 Å². The fraction of sp³-hybridized carbons (Fsp3) is 0.250. The molecule has 1 aromatic carbocycles. The lowest BCUT2D eigenvalue weighted by Gasteiger charge is -2.08. The number of hydrogen-bond acceptors (Lipinski definition) is 3. The molecule has 0 unspecified atom stereocenters. The summed E-state index contributed by atoms with van der Waals surface area (Å²) in [5, 5.41) is 0. The van der Waals surface area contributed by atoms with Crippen molar-refractivity contribution in [3.05, 3.63) is 23.5 Å². The van der Waals surface area contributed by atoms with E-state index in [4.69, 9.17) is 15.4 Å². The number of ether oxygens (including phenoxy) is 1. The van der Waals surface area contributed by atoms with Crippen LogP contribution >= 0.6 is 10.7 Å². The Bertz CT molecular complexity index is 456. The molecule has 6 heteroatoms. The van der Waals surface area contributed by atoms with Crippen LogP contribution < -0.4 is 4.74 Å². The quantitative estimate of drug-likeness (QED) is 0.741. The third-order valence-electron chi connectivity index (χ3n) is 1.67. The third kappa shape index (κ3) is 2.16. The van der Waals surface area contributed by atoms with Gasteiger partial charge in [0.25, 0.3) is 9.05 Å². The molecule has 0 bridgehead atoms. The first-order valence-corrected chi connectivity index (χ1v) is 5.96. The van der Waals surface area contributed by atoms with Crippen molar-refractivity contribution in [3.63, 3.8) is 0 Å². The second-order valence-electron chi connectivity index (χ2n) is 2.69. The molecule has 78 valence electrons. The fourth-order valence-electron chi connectivity index (χ4n) is 1.14. The monoisotopic (exact) mass is 238 g/mol. The molecular formula is C8H8ClFO3S. The van der Waals surface area contributed by atoms with Crippen LogP contribution in [-0.2, 0) is 9.05 Å². The maximum Gasteiger partial charge on any atom is 0.265 e. The van der Waals surface area contributed by atoms with Crippen LogP contribution in [0.5, 0.6) is 5.75 Å². The molecule has 0 saturated heterocycles. The van der Waals surface area contributed by atoms with Crippen LogP contribution in [0.15, 0.2) is 17.0 Å². The van der Waals surface area contributed by atoms with Gasteiger partial charge in [-0.15, -0.1) is 0 Å². The van der Waals surface area contributed by atoms with E-state index in [1.54, 1.807) is 0 Å². The predicted molar refractivity (Wildman–Crippen MR) is 50.7 cm³/mol. The summed E-state index contributed by atoms with van der Waals surface area (Å²) in [4.78, 5) is -0.348. The molecule has 0 radical (unpaired) electrons. The van der Waals surface area contributed by atoms with E-state index in [0.29, 0.717) is 5.56 Å². The lowest BCUT2D eigenvalue weighted by atomic mass is 10.2. The maximum absolute atomic E-state index is 12.9. The summed E-state index contributed by atoms with van der Waals surface area (Å²) in [5.41, 5.74) is 0.381. The van der Waals surface area contributed by atoms with E-state index in [1.165, 1.54) is 20.1 Å². The minimum absolute atomic E-state index is 0.0707. The number of halogens is 2. The van der Waals surface area contributed by atoms with Crippen LogP contribution in [0.2, 0.25) is 0 Å². The van der Waals surface area contributed by atoms with Gasteiger partial charge in [-0.05, 0) is 24.6 Å². The van der Waals surface area contributed by atoms with Crippen molar-refractivity contribution in [3.8, 4) is 5.75 Å². The molecule has 0 aliphatic heterocycles. The topological polar surface area (TPSA) is 43.4 Å². The van der Waals surface area contributed by atoms with Gasteiger partial charge in [-0.2, -0.15) is 0 Å². The molecule has 0 amide bonds. The minimum Gasteiger partial charge on any atom is -0.495 e. The fourth-order valence-corrected chi connectivity index (χ4v) is 2.20. The van der Waals surface area contributed by atoms with Crippen molar-refractivity contribution in [2.45, 2.75) is 11.8 Å². The Labute approximate surface area is 85.9 Å². The molecule has 0 aromatic heterocycles. The average molecular weight is 239 g/mol. The van der Waals surface area contributed by atoms with Gasteiger partial charge < -0.3 is 4.74 Å². The highest BCUT2D eigenvalue weighted by Crippen LogP contribution is 2.30. The minimum atomic E-state index is -3.98. The van der Waals surface area contributed by atoms with E-state index in [1.807, 2.05) is 0 Å². The molecule has 0 saturated carbocycles. The molecule has 0 aliphatic rings. The van der Waals surface area contributed by atoms with Gasteiger partial charge in [0.2, 0.25) is 0 Å². The highest BCUT2D eigenvalue weighted by atomic mass is 35.7. The lowest BCUT2D eigenvalue weighted by Crippen LogP contribution is -1.99. The van der Waals surface area contributed by atoms with Crippen LogP contribution in [-0.4, -0.2) is 15.5 Å². The largest absolute Gasteiger partial charge is 0.495 e. The summed E-state index contributed by atoms with van der Waals surface area (Å²) < 4.78 is 39.8. The first-order chi connectivity index (χ1) is 6.36. The Morgan fingerprint density at radius 3 is 2.43 bits per heavy atom. The van der Waals surface area contributed by atoms with E-state index in [9.17, 15) is 12.8 Å². The SMILES string of the molecule is COc1c(C)cc(F)cc1S(=O)(=O)Cl. The number of benzene rings is 1. The zero-order chi connectivity index (χ0) is 10.9. The normalized spacial score (nSPS) is 11.4. The zero-order valence-corrected chi connectivity index (χ0v) is 9.12. The summed E-state index contributed by atoms with van der Waals surface area (Å²) in [6, 6.07) is 2.00. The molecule has 14 heavy (non-hydrogen) atoms. The highest BCUT2D eigenvalue weighted by molar-refractivity contribution is 8.13. The van der Waals surface area contributed by atoms with E-state index in [0.717, 1.165) is 6.07 Å². The second-order valence-corrected chi connectivity index (χ2v) is 5.23. The van der Waals surface area contributed by atoms with Gasteiger partial charge in [-0.25, -0.2) is 12.8 Å². The lowest BCUT2D eigenvalue weighted by molar-refractivity contribution is 0.398. The van der Waals surface area contributed by atoms with E-state index >= 15 is 0 Å². The van der Waals surface area contributed by atoms with Gasteiger partial charge >= 0.3 is 0 Å². The smallest absolute Gasteiger partial charge is 0.265 e. The molecule has 0 heterocycles. The molecule has 3 nitrogen and oxygen atoms in total. The third-order valence-corrected chi connectivity index (χ3v) is 3.00. The maximum atomic E-state index is 12.9. The van der Waals surface area contributed by atoms with Gasteiger partial charge in [0.05, 0.1) is 7.11 Å². The molecule has 1 aromatic rings. The van der Waals surface area contributed by atoms with E-state index in [-0.39, 0.29) is 10.6 Å². The number of rotatable bonds is 2. The number of methoxy groups -OCH3 is 1. The molecule has 0 spiro atoms. The first kappa shape index (κ1) is 11.3. The standard InChI is InChI=1S/C8H8ClFO3S/c1-5-3-6(10)4-7(8(5)13-2)14(9,11)12/h3-4H,1-2H3. The van der Waals surface area contributed by atoms with Gasteiger partial charge in [0.1, 0.15) is 16.5 Å². The summed E-state index contributed by atoms with van der Waals surface area (Å²) in [5.74, 6) is -0.594. The molecule has 1 rings (SSSR count). The van der Waals surface area contributed by atoms with Crippen molar-refractivity contribution >= 4 is 19.7 Å². The zero-order valence-electron chi connectivity index (χ0n) is 7.54. The average Bonchev–Trinajstić information content (AvgIpc) is 2.01. The van der Waals surface area contributed by atoms with Gasteiger partial charge in [-0.3, -0.25) is 0 Å². The summed E-state index contributed by atoms with van der Waals surface area (Å²) in [6.45, 7) is 1.54. The van der Waals surface area contributed by atoms with Crippen molar-refractivity contribution < 1.29 is 17.5 Å². The first-order valence-electron chi connectivity index (χ1n) is 3.65. The van der Waals surface area contributed by atoms with Crippen LogP contribution in [0, 0.1) is 12.7 Å². The molecule has 0 N–H and O–H groups in total. The Balaban J connectivity index is 3.56. The summed E-state index contributed by atoms with van der Waals surface area (Å²) >= 11 is 0. The van der Waals surface area contributed by atoms with Gasteiger partial charge in [-0.1, -0.05) is 0 Å². The van der Waals surface area contributed by atoms with Crippen molar-refractivity contribution in [2.75, 3.05) is 7.11 Å². The van der Waals surface area contributed by atoms with Gasteiger partial charge in [0.15, 0.2) is 0 Å². The number of aryl methyl sites for hydroxylation is 1. The van der Waals surface area contributed by atoms with Crippen LogP contribution in [0.25, 0.3) is 0 Å². The van der Waals surface area contributed by atoms with Gasteiger partial charge in [0, 0.05) is 10.7 Å². The Kier molecular flexibility index (Phi) is 3.01. The van der Waals surface area contributed by atoms with Crippen LogP contribution in [0.4, 0.5) is 4.39 Å². The Morgan fingerprint density at radius 2 is 2.00 bits per heavy atom. The molecular weight excluding hydrogens is 231 g/mol. The summed E-state index contributed by atoms with van der Waals surface area (Å²) in [7, 11) is 2.43. The van der Waals surface area contributed by atoms with Crippen molar-refractivity contribution in [1.29, 1.82) is 0 Å². The number of hydrogen-bond donors (Lipinski definition) is 0. The highest BCUT2D eigenvalue weighted by Gasteiger charge is 2.19. The van der Waals surface area contributed by atoms with Crippen molar-refractivity contribution in [2.24, 2.45) is 0 Å². The molecule has 0 atom stereocenters. The Hall–Kier alpha value is -0.810. The predicted octanol–water partition coefficient (Wildman–Crippen LogP) is 2.07. The second kappa shape index (κ2) is 3.74.